The SMILES string of the molecule is CC(CNc1nc(Cl)nc(Cl)n1)c1ccccc1. The molecule has 2 aromatic rings. The van der Waals surface area contributed by atoms with E-state index in [1.165, 1.54) is 5.56 Å². The lowest BCUT2D eigenvalue weighted by Crippen LogP contribution is -2.12. The Balaban J connectivity index is 1.99. The molecule has 2 rings (SSSR count). The van der Waals surface area contributed by atoms with Crippen LogP contribution in [0.3, 0.4) is 0 Å². The minimum Gasteiger partial charge on any atom is -0.353 e. The van der Waals surface area contributed by atoms with Crippen molar-refractivity contribution in [3.63, 3.8) is 0 Å². The predicted octanol–water partition coefficient (Wildman–Crippen LogP) is 3.39. The average molecular weight is 283 g/mol. The van der Waals surface area contributed by atoms with Crippen LogP contribution in [0.4, 0.5) is 5.95 Å². The third-order valence-electron chi connectivity index (χ3n) is 2.52. The van der Waals surface area contributed by atoms with Gasteiger partial charge < -0.3 is 5.32 Å². The van der Waals surface area contributed by atoms with Gasteiger partial charge >= 0.3 is 0 Å². The molecule has 0 aliphatic rings. The number of hydrogen-bond acceptors (Lipinski definition) is 4. The van der Waals surface area contributed by atoms with Gasteiger partial charge in [0.2, 0.25) is 16.5 Å². The number of hydrogen-bond donors (Lipinski definition) is 1. The van der Waals surface area contributed by atoms with Gasteiger partial charge in [0.1, 0.15) is 0 Å². The van der Waals surface area contributed by atoms with Gasteiger partial charge in [-0.2, -0.15) is 15.0 Å². The number of nitrogens with one attached hydrogen (secondary N) is 1. The van der Waals surface area contributed by atoms with Gasteiger partial charge in [-0.05, 0) is 34.7 Å². The number of aromatic nitrogens is 3. The Labute approximate surface area is 115 Å². The van der Waals surface area contributed by atoms with E-state index in [1.54, 1.807) is 0 Å². The van der Waals surface area contributed by atoms with E-state index < -0.39 is 0 Å². The van der Waals surface area contributed by atoms with Crippen LogP contribution >= 0.6 is 23.2 Å². The minimum absolute atomic E-state index is 0.0878. The Morgan fingerprint density at radius 2 is 1.67 bits per heavy atom. The fraction of sp³-hybridized carbons (Fsp3) is 0.250. The third-order valence-corrected chi connectivity index (χ3v) is 2.85. The van der Waals surface area contributed by atoms with Crippen molar-refractivity contribution in [1.82, 2.24) is 15.0 Å². The monoisotopic (exact) mass is 282 g/mol. The van der Waals surface area contributed by atoms with Crippen molar-refractivity contribution in [2.75, 3.05) is 11.9 Å². The quantitative estimate of drug-likeness (QED) is 0.934. The molecule has 18 heavy (non-hydrogen) atoms. The molecule has 0 amide bonds. The van der Waals surface area contributed by atoms with Crippen LogP contribution in [-0.2, 0) is 0 Å². The van der Waals surface area contributed by atoms with Gasteiger partial charge in [0.15, 0.2) is 0 Å². The summed E-state index contributed by atoms with van der Waals surface area (Å²) in [5.74, 6) is 0.725. The van der Waals surface area contributed by atoms with Crippen molar-refractivity contribution < 1.29 is 0 Å². The van der Waals surface area contributed by atoms with Crippen LogP contribution < -0.4 is 5.32 Å². The molecule has 94 valence electrons. The zero-order valence-electron chi connectivity index (χ0n) is 9.77. The fourth-order valence-corrected chi connectivity index (χ4v) is 1.91. The molecule has 1 N–H and O–H groups in total. The Morgan fingerprint density at radius 1 is 1.06 bits per heavy atom. The molecule has 0 saturated heterocycles. The molecule has 1 aromatic heterocycles. The van der Waals surface area contributed by atoms with E-state index in [4.69, 9.17) is 23.2 Å². The summed E-state index contributed by atoms with van der Waals surface area (Å²) in [5.41, 5.74) is 1.25. The van der Waals surface area contributed by atoms with Gasteiger partial charge in [-0.1, -0.05) is 37.3 Å². The average Bonchev–Trinajstić information content (AvgIpc) is 2.36. The Hall–Kier alpha value is -1.39. The summed E-state index contributed by atoms with van der Waals surface area (Å²) in [4.78, 5) is 11.6. The fourth-order valence-electron chi connectivity index (χ4n) is 1.55. The zero-order valence-corrected chi connectivity index (χ0v) is 11.3. The maximum absolute atomic E-state index is 5.70. The zero-order chi connectivity index (χ0) is 13.0. The summed E-state index contributed by atoms with van der Waals surface area (Å²) in [5, 5.41) is 3.27. The molecule has 0 saturated carbocycles. The summed E-state index contributed by atoms with van der Waals surface area (Å²) in [6, 6.07) is 10.2. The highest BCUT2D eigenvalue weighted by atomic mass is 35.5. The molecule has 6 heteroatoms. The number of rotatable bonds is 4. The van der Waals surface area contributed by atoms with Crippen LogP contribution in [0, 0.1) is 0 Å². The topological polar surface area (TPSA) is 50.7 Å². The molecular weight excluding hydrogens is 271 g/mol. The van der Waals surface area contributed by atoms with Crippen molar-refractivity contribution in [3.05, 3.63) is 46.5 Å². The first-order valence-corrected chi connectivity index (χ1v) is 6.26. The molecule has 4 nitrogen and oxygen atoms in total. The van der Waals surface area contributed by atoms with Crippen LogP contribution in [0.2, 0.25) is 10.6 Å². The Kier molecular flexibility index (Phi) is 4.33. The Morgan fingerprint density at radius 3 is 2.28 bits per heavy atom. The van der Waals surface area contributed by atoms with Crippen molar-refractivity contribution in [2.45, 2.75) is 12.8 Å². The molecule has 0 aliphatic heterocycles. The molecule has 1 unspecified atom stereocenters. The second-order valence-corrected chi connectivity index (χ2v) is 4.57. The van der Waals surface area contributed by atoms with Gasteiger partial charge in [0.05, 0.1) is 0 Å². The van der Waals surface area contributed by atoms with E-state index in [-0.39, 0.29) is 10.6 Å². The van der Waals surface area contributed by atoms with Gasteiger partial charge in [-0.15, -0.1) is 0 Å². The first-order chi connectivity index (χ1) is 8.65. The van der Waals surface area contributed by atoms with Crippen LogP contribution in [-0.4, -0.2) is 21.5 Å². The first-order valence-electron chi connectivity index (χ1n) is 5.51. The molecule has 0 spiro atoms. The number of nitrogens with zero attached hydrogens (tertiary/aromatic N) is 3. The lowest BCUT2D eigenvalue weighted by molar-refractivity contribution is 0.795. The van der Waals surface area contributed by atoms with Gasteiger partial charge in [-0.3, -0.25) is 0 Å². The van der Waals surface area contributed by atoms with E-state index in [0.29, 0.717) is 18.4 Å². The van der Waals surface area contributed by atoms with Crippen molar-refractivity contribution >= 4 is 29.2 Å². The maximum Gasteiger partial charge on any atom is 0.228 e. The van der Waals surface area contributed by atoms with Crippen molar-refractivity contribution in [2.24, 2.45) is 0 Å². The van der Waals surface area contributed by atoms with Crippen molar-refractivity contribution in [3.8, 4) is 0 Å². The van der Waals surface area contributed by atoms with Crippen LogP contribution in [0.5, 0.6) is 0 Å². The normalized spacial score (nSPS) is 12.2. The van der Waals surface area contributed by atoms with Gasteiger partial charge in [0.25, 0.3) is 0 Å². The standard InChI is InChI=1S/C12H12Cl2N4/c1-8(9-5-3-2-4-6-9)7-15-12-17-10(13)16-11(14)18-12/h2-6,8H,7H2,1H3,(H,15,16,17,18). The van der Waals surface area contributed by atoms with Crippen molar-refractivity contribution in [1.29, 1.82) is 0 Å². The van der Waals surface area contributed by atoms with E-state index in [2.05, 4.69) is 39.3 Å². The number of anilines is 1. The highest BCUT2D eigenvalue weighted by Gasteiger charge is 2.07. The number of benzene rings is 1. The summed E-state index contributed by atoms with van der Waals surface area (Å²) in [6.45, 7) is 2.81. The largest absolute Gasteiger partial charge is 0.353 e. The summed E-state index contributed by atoms with van der Waals surface area (Å²) in [7, 11) is 0. The van der Waals surface area contributed by atoms with E-state index in [1.807, 2.05) is 18.2 Å². The summed E-state index contributed by atoms with van der Waals surface area (Å²) in [6.07, 6.45) is 0. The highest BCUT2D eigenvalue weighted by molar-refractivity contribution is 6.31. The molecular formula is C12H12Cl2N4. The van der Waals surface area contributed by atoms with Gasteiger partial charge in [0, 0.05) is 6.54 Å². The second-order valence-electron chi connectivity index (χ2n) is 3.89. The first kappa shape index (κ1) is 13.1. The van der Waals surface area contributed by atoms with Gasteiger partial charge in [-0.25, -0.2) is 0 Å². The second kappa shape index (κ2) is 5.98. The highest BCUT2D eigenvalue weighted by Crippen LogP contribution is 2.15. The molecule has 0 fully saturated rings. The van der Waals surface area contributed by atoms with Crippen LogP contribution in [0.15, 0.2) is 30.3 Å². The minimum atomic E-state index is 0.0878. The molecule has 0 radical (unpaired) electrons. The van der Waals surface area contributed by atoms with E-state index in [0.717, 1.165) is 0 Å². The Bertz CT molecular complexity index is 498. The van der Waals surface area contributed by atoms with E-state index >= 15 is 0 Å². The molecule has 0 aliphatic carbocycles. The molecule has 1 aromatic carbocycles. The molecule has 0 bridgehead atoms. The van der Waals surface area contributed by atoms with Crippen LogP contribution in [0.25, 0.3) is 0 Å². The lowest BCUT2D eigenvalue weighted by Gasteiger charge is -2.12. The molecule has 1 atom stereocenters. The third kappa shape index (κ3) is 3.55. The summed E-state index contributed by atoms with van der Waals surface area (Å²) >= 11 is 11.4. The number of halogens is 2. The lowest BCUT2D eigenvalue weighted by atomic mass is 10.0. The van der Waals surface area contributed by atoms with E-state index in [9.17, 15) is 0 Å². The maximum atomic E-state index is 5.70. The molecule has 1 heterocycles. The predicted molar refractivity (Wildman–Crippen MR) is 73.2 cm³/mol. The summed E-state index contributed by atoms with van der Waals surface area (Å²) < 4.78 is 0. The van der Waals surface area contributed by atoms with Crippen LogP contribution in [0.1, 0.15) is 18.4 Å². The smallest absolute Gasteiger partial charge is 0.228 e.